The number of carbonyl (C=O) groups excluding carboxylic acids is 1. The molecule has 1 atom stereocenters. The summed E-state index contributed by atoms with van der Waals surface area (Å²) in [5, 5.41) is 0.468. The Kier molecular flexibility index (Phi) is 4.58. The average Bonchev–Trinajstić information content (AvgIpc) is 3.10. The van der Waals surface area contributed by atoms with Gasteiger partial charge in [-0.25, -0.2) is 9.97 Å². The summed E-state index contributed by atoms with van der Waals surface area (Å²) in [6.07, 6.45) is 4.80. The highest BCUT2D eigenvalue weighted by atomic mass is 35.5. The second-order valence-corrected chi connectivity index (χ2v) is 11.3. The number of hydrogen-bond donors (Lipinski definition) is 0. The van der Waals surface area contributed by atoms with E-state index in [1.54, 1.807) is 17.3 Å². The van der Waals surface area contributed by atoms with Crippen LogP contribution in [0.15, 0.2) is 30.6 Å². The Morgan fingerprint density at radius 3 is 2.92 bits per heavy atom. The smallest absolute Gasteiger partial charge is 0.241 e. The van der Waals surface area contributed by atoms with Crippen molar-refractivity contribution in [2.24, 2.45) is 0 Å². The first-order chi connectivity index (χ1) is 12.5. The molecule has 1 aliphatic heterocycles. The molecule has 2 aliphatic rings. The molecular formula is C19H22ClN3O2Si. The van der Waals surface area contributed by atoms with Gasteiger partial charge in [0.15, 0.2) is 0 Å². The number of ether oxygens (including phenoxy) is 1. The van der Waals surface area contributed by atoms with Gasteiger partial charge < -0.3 is 4.74 Å². The molecular weight excluding hydrogens is 366 g/mol. The number of aromatic nitrogens is 2. The molecule has 0 fully saturated rings. The normalized spacial score (nSPS) is 20.9. The van der Waals surface area contributed by atoms with Gasteiger partial charge in [0.25, 0.3) is 0 Å². The van der Waals surface area contributed by atoms with Crippen LogP contribution in [-0.4, -0.2) is 38.0 Å². The van der Waals surface area contributed by atoms with Gasteiger partial charge in [0.2, 0.25) is 5.91 Å². The lowest BCUT2D eigenvalue weighted by molar-refractivity contribution is -0.124. The lowest BCUT2D eigenvalue weighted by Gasteiger charge is -2.23. The zero-order chi connectivity index (χ0) is 18.3. The Balaban J connectivity index is 1.63. The summed E-state index contributed by atoms with van der Waals surface area (Å²) in [4.78, 5) is 23.8. The van der Waals surface area contributed by atoms with Crippen LogP contribution in [0.4, 0.5) is 5.82 Å². The van der Waals surface area contributed by atoms with Crippen molar-refractivity contribution in [2.75, 3.05) is 18.2 Å². The van der Waals surface area contributed by atoms with E-state index >= 15 is 0 Å². The first-order valence-corrected chi connectivity index (χ1v) is 12.5. The van der Waals surface area contributed by atoms with Crippen LogP contribution >= 0.6 is 11.6 Å². The number of hydrogen-bond acceptors (Lipinski definition) is 4. The third-order valence-electron chi connectivity index (χ3n) is 5.31. The van der Waals surface area contributed by atoms with Crippen LogP contribution in [0.5, 0.6) is 0 Å². The molecule has 26 heavy (non-hydrogen) atoms. The highest BCUT2D eigenvalue weighted by molar-refractivity contribution is 6.55. The van der Waals surface area contributed by atoms with E-state index in [0.717, 1.165) is 28.6 Å². The van der Waals surface area contributed by atoms with E-state index in [1.165, 1.54) is 0 Å². The molecule has 0 bridgehead atoms. The Morgan fingerprint density at radius 1 is 1.31 bits per heavy atom. The van der Waals surface area contributed by atoms with Gasteiger partial charge in [-0.1, -0.05) is 30.8 Å². The lowest BCUT2D eigenvalue weighted by Crippen LogP contribution is -2.42. The highest BCUT2D eigenvalue weighted by Crippen LogP contribution is 2.49. The second-order valence-electron chi connectivity index (χ2n) is 7.54. The molecule has 2 aromatic rings. The van der Waals surface area contributed by atoms with Crippen LogP contribution in [0.25, 0.3) is 0 Å². The summed E-state index contributed by atoms with van der Waals surface area (Å²) in [5.41, 5.74) is 2.57. The third-order valence-corrected chi connectivity index (χ3v) is 6.90. The Bertz CT molecular complexity index is 860. The molecule has 1 aliphatic carbocycles. The predicted octanol–water partition coefficient (Wildman–Crippen LogP) is 2.97. The maximum absolute atomic E-state index is 13.4. The van der Waals surface area contributed by atoms with Crippen molar-refractivity contribution < 1.29 is 9.53 Å². The van der Waals surface area contributed by atoms with Crippen molar-refractivity contribution in [3.8, 4) is 0 Å². The summed E-state index contributed by atoms with van der Waals surface area (Å²) in [6.45, 7) is 5.56. The van der Waals surface area contributed by atoms with E-state index < -0.39 is 14.2 Å². The van der Waals surface area contributed by atoms with Gasteiger partial charge in [0, 0.05) is 33.4 Å². The van der Waals surface area contributed by atoms with Gasteiger partial charge in [-0.05, 0) is 42.1 Å². The molecule has 7 heteroatoms. The molecule has 0 saturated carbocycles. The van der Waals surface area contributed by atoms with Gasteiger partial charge in [-0.3, -0.25) is 9.69 Å². The topological polar surface area (TPSA) is 55.3 Å². The van der Waals surface area contributed by atoms with Crippen molar-refractivity contribution in [2.45, 2.75) is 37.4 Å². The molecule has 2 aromatic heterocycles. The Labute approximate surface area is 160 Å². The van der Waals surface area contributed by atoms with E-state index in [4.69, 9.17) is 16.3 Å². The SMILES string of the molecule is C[SiH](C)CCOCN1C(=O)C2(Cc3cnc(Cl)cc3C2)c2cccnc21. The van der Waals surface area contributed by atoms with Crippen molar-refractivity contribution in [1.29, 1.82) is 0 Å². The minimum Gasteiger partial charge on any atom is -0.361 e. The van der Waals surface area contributed by atoms with Gasteiger partial charge in [0.1, 0.15) is 17.7 Å². The molecule has 4 rings (SSSR count). The predicted molar refractivity (Wildman–Crippen MR) is 105 cm³/mol. The Hall–Kier alpha value is -1.76. The molecule has 3 heterocycles. The molecule has 0 aromatic carbocycles. The molecule has 0 saturated heterocycles. The van der Waals surface area contributed by atoms with E-state index in [0.29, 0.717) is 24.6 Å². The molecule has 0 N–H and O–H groups in total. The molecule has 1 unspecified atom stereocenters. The number of amides is 1. The zero-order valence-corrected chi connectivity index (χ0v) is 16.9. The van der Waals surface area contributed by atoms with Crippen LogP contribution < -0.4 is 4.90 Å². The number of anilines is 1. The van der Waals surface area contributed by atoms with Gasteiger partial charge >= 0.3 is 0 Å². The van der Waals surface area contributed by atoms with Crippen molar-refractivity contribution in [3.63, 3.8) is 0 Å². The minimum absolute atomic E-state index is 0.0697. The molecule has 5 nitrogen and oxygen atoms in total. The van der Waals surface area contributed by atoms with Crippen molar-refractivity contribution >= 4 is 32.1 Å². The maximum Gasteiger partial charge on any atom is 0.241 e. The molecule has 1 amide bonds. The molecule has 136 valence electrons. The number of carbonyl (C=O) groups is 1. The fraction of sp³-hybridized carbons (Fsp3) is 0.421. The summed E-state index contributed by atoms with van der Waals surface area (Å²) in [5.74, 6) is 0.798. The van der Waals surface area contributed by atoms with Crippen molar-refractivity contribution in [3.05, 3.63) is 52.4 Å². The molecule has 0 radical (unpaired) electrons. The van der Waals surface area contributed by atoms with Crippen LogP contribution in [0.3, 0.4) is 0 Å². The number of nitrogens with zero attached hydrogens (tertiary/aromatic N) is 3. The van der Waals surface area contributed by atoms with Gasteiger partial charge in [0.05, 0.1) is 5.41 Å². The summed E-state index contributed by atoms with van der Waals surface area (Å²) in [6, 6.07) is 6.90. The minimum atomic E-state index is -0.656. The number of fused-ring (bicyclic) bond motifs is 3. The van der Waals surface area contributed by atoms with Gasteiger partial charge in [-0.15, -0.1) is 0 Å². The monoisotopic (exact) mass is 387 g/mol. The van der Waals surface area contributed by atoms with E-state index in [9.17, 15) is 4.79 Å². The number of halogens is 1. The van der Waals surface area contributed by atoms with E-state index in [2.05, 4.69) is 23.1 Å². The summed E-state index contributed by atoms with van der Waals surface area (Å²) < 4.78 is 5.82. The Morgan fingerprint density at radius 2 is 2.12 bits per heavy atom. The quantitative estimate of drug-likeness (QED) is 0.449. The number of pyridine rings is 2. The first kappa shape index (κ1) is 17.6. The first-order valence-electron chi connectivity index (χ1n) is 9.00. The zero-order valence-electron chi connectivity index (χ0n) is 15.0. The van der Waals surface area contributed by atoms with Crippen LogP contribution in [0.1, 0.15) is 16.7 Å². The lowest BCUT2D eigenvalue weighted by atomic mass is 9.79. The second kappa shape index (κ2) is 6.76. The van der Waals surface area contributed by atoms with Crippen LogP contribution in [-0.2, 0) is 27.8 Å². The fourth-order valence-electron chi connectivity index (χ4n) is 3.92. The van der Waals surface area contributed by atoms with E-state index in [1.807, 2.05) is 18.2 Å². The average molecular weight is 388 g/mol. The van der Waals surface area contributed by atoms with Gasteiger partial charge in [-0.2, -0.15) is 0 Å². The summed E-state index contributed by atoms with van der Waals surface area (Å²) in [7, 11) is -0.656. The fourth-order valence-corrected chi connectivity index (χ4v) is 4.74. The highest BCUT2D eigenvalue weighted by Gasteiger charge is 2.54. The standard InChI is InChI=1S/C19H22ClN3O2Si/c1-26(2)7-6-25-12-23-17-15(4-3-5-21-17)19(18(23)24)9-13-8-16(20)22-11-14(13)10-19/h3-5,8,11,26H,6-7,9-10,12H2,1-2H3. The largest absolute Gasteiger partial charge is 0.361 e. The van der Waals surface area contributed by atoms with Crippen LogP contribution in [0, 0.1) is 0 Å². The van der Waals surface area contributed by atoms with Crippen LogP contribution in [0.2, 0.25) is 24.3 Å². The summed E-state index contributed by atoms with van der Waals surface area (Å²) >= 11 is 6.06. The molecule has 1 spiro atoms. The maximum atomic E-state index is 13.4. The van der Waals surface area contributed by atoms with E-state index in [-0.39, 0.29) is 12.6 Å². The third kappa shape index (κ3) is 2.86. The number of rotatable bonds is 5. The van der Waals surface area contributed by atoms with Crippen molar-refractivity contribution in [1.82, 2.24) is 9.97 Å².